The molecule has 0 amide bonds. The maximum absolute atomic E-state index is 15.4. The van der Waals surface area contributed by atoms with Crippen LogP contribution in [0.3, 0.4) is 0 Å². The fourth-order valence-electron chi connectivity index (χ4n) is 5.94. The Morgan fingerprint density at radius 2 is 1.87 bits per heavy atom. The van der Waals surface area contributed by atoms with E-state index in [0.717, 1.165) is 36.0 Å². The molecule has 1 fully saturated rings. The van der Waals surface area contributed by atoms with Crippen LogP contribution in [0.2, 0.25) is 0 Å². The van der Waals surface area contributed by atoms with E-state index < -0.39 is 17.7 Å². The van der Waals surface area contributed by atoms with Crippen LogP contribution in [0.15, 0.2) is 54.6 Å². The van der Waals surface area contributed by atoms with Crippen LogP contribution in [0.4, 0.5) is 8.78 Å². The van der Waals surface area contributed by atoms with Crippen molar-refractivity contribution in [1.82, 2.24) is 0 Å². The minimum Gasteiger partial charge on any atom is -0.497 e. The molecule has 0 spiro atoms. The highest BCUT2D eigenvalue weighted by Crippen LogP contribution is 2.49. The lowest BCUT2D eigenvalue weighted by Crippen LogP contribution is -2.26. The van der Waals surface area contributed by atoms with E-state index in [2.05, 4.69) is 19.9 Å². The van der Waals surface area contributed by atoms with Crippen molar-refractivity contribution in [1.29, 1.82) is 0 Å². The Morgan fingerprint density at radius 1 is 1.08 bits per heavy atom. The summed E-state index contributed by atoms with van der Waals surface area (Å²) in [4.78, 5) is 11.3. The summed E-state index contributed by atoms with van der Waals surface area (Å²) in [5.41, 5.74) is 3.66. The van der Waals surface area contributed by atoms with E-state index in [1.807, 2.05) is 19.1 Å². The molecule has 4 rings (SSSR count). The van der Waals surface area contributed by atoms with Crippen LogP contribution >= 0.6 is 0 Å². The van der Waals surface area contributed by atoms with Crippen LogP contribution in [0.25, 0.3) is 11.1 Å². The molecular weight excluding hydrogens is 498 g/mol. The lowest BCUT2D eigenvalue weighted by atomic mass is 9.65. The summed E-state index contributed by atoms with van der Waals surface area (Å²) in [6.07, 6.45) is 4.75. The van der Waals surface area contributed by atoms with Crippen molar-refractivity contribution < 1.29 is 28.2 Å². The highest BCUT2D eigenvalue weighted by atomic mass is 19.1. The maximum Gasteiger partial charge on any atom is 0.303 e. The number of carbonyl (C=O) groups is 1. The van der Waals surface area contributed by atoms with Crippen LogP contribution in [-0.4, -0.2) is 18.2 Å². The average Bonchev–Trinajstić information content (AvgIpc) is 2.91. The van der Waals surface area contributed by atoms with Gasteiger partial charge in [0.2, 0.25) is 0 Å². The second kappa shape index (κ2) is 12.2. The van der Waals surface area contributed by atoms with Crippen molar-refractivity contribution in [3.05, 3.63) is 82.9 Å². The molecule has 1 N–H and O–H groups in total. The molecule has 0 aromatic heterocycles. The number of ether oxygens (including phenoxy) is 2. The molecule has 0 unspecified atom stereocenters. The van der Waals surface area contributed by atoms with Gasteiger partial charge in [-0.15, -0.1) is 0 Å². The van der Waals surface area contributed by atoms with Gasteiger partial charge in [-0.1, -0.05) is 63.9 Å². The van der Waals surface area contributed by atoms with E-state index >= 15 is 8.78 Å². The monoisotopic (exact) mass is 536 g/mol. The predicted octanol–water partition coefficient (Wildman–Crippen LogP) is 8.87. The molecule has 4 nitrogen and oxygen atoms in total. The van der Waals surface area contributed by atoms with Gasteiger partial charge in [0.1, 0.15) is 18.2 Å². The number of halogens is 2. The van der Waals surface area contributed by atoms with Gasteiger partial charge >= 0.3 is 5.97 Å². The second-order valence-corrected chi connectivity index (χ2v) is 11.2. The Kier molecular flexibility index (Phi) is 8.94. The number of hydrogen-bond acceptors (Lipinski definition) is 3. The number of rotatable bonds is 10. The number of methoxy groups -OCH3 is 1. The zero-order valence-corrected chi connectivity index (χ0v) is 23.2. The standard InChI is InChI=1S/C33H38F2O4/c1-5-22(18-31(36)37)24-9-8-11-30(32(24)35)39-20-21-12-14-25(27-19-23(38-4)13-15-29(27)34)26(17-21)28-10-6-7-16-33(28,2)3/h8-9,11-15,17,19,22,28H,5-7,10,16,18,20H2,1-4H3,(H,36,37)/t22-,28+/m0/s1. The molecule has 0 saturated heterocycles. The molecule has 0 bridgehead atoms. The first-order valence-corrected chi connectivity index (χ1v) is 13.7. The van der Waals surface area contributed by atoms with E-state index in [1.165, 1.54) is 12.5 Å². The van der Waals surface area contributed by atoms with Crippen molar-refractivity contribution in [3.63, 3.8) is 0 Å². The summed E-state index contributed by atoms with van der Waals surface area (Å²) < 4.78 is 41.8. The number of carboxylic acid groups (broad SMARTS) is 1. The molecule has 39 heavy (non-hydrogen) atoms. The molecular formula is C33H38F2O4. The smallest absolute Gasteiger partial charge is 0.303 e. The quantitative estimate of drug-likeness (QED) is 0.281. The summed E-state index contributed by atoms with van der Waals surface area (Å²) in [7, 11) is 1.57. The van der Waals surface area contributed by atoms with Gasteiger partial charge in [-0.05, 0) is 83.0 Å². The highest BCUT2D eigenvalue weighted by molar-refractivity contribution is 5.71. The van der Waals surface area contributed by atoms with Gasteiger partial charge in [0.25, 0.3) is 0 Å². The third kappa shape index (κ3) is 6.43. The molecule has 208 valence electrons. The van der Waals surface area contributed by atoms with Gasteiger partial charge in [-0.3, -0.25) is 4.79 Å². The zero-order valence-electron chi connectivity index (χ0n) is 23.2. The molecule has 0 aliphatic heterocycles. The minimum absolute atomic E-state index is 0.0432. The maximum atomic E-state index is 15.4. The molecule has 6 heteroatoms. The molecule has 0 radical (unpaired) electrons. The van der Waals surface area contributed by atoms with E-state index in [-0.39, 0.29) is 35.9 Å². The van der Waals surface area contributed by atoms with Gasteiger partial charge in [0.05, 0.1) is 13.5 Å². The molecule has 3 aromatic rings. The van der Waals surface area contributed by atoms with Crippen molar-refractivity contribution in [2.45, 2.75) is 77.7 Å². The van der Waals surface area contributed by atoms with E-state index in [4.69, 9.17) is 9.47 Å². The molecule has 1 saturated carbocycles. The van der Waals surface area contributed by atoms with E-state index in [1.54, 1.807) is 37.4 Å². The Labute approximate surface area is 230 Å². The fraction of sp³-hybridized carbons (Fsp3) is 0.424. The fourth-order valence-corrected chi connectivity index (χ4v) is 5.94. The molecule has 3 aromatic carbocycles. The van der Waals surface area contributed by atoms with Crippen LogP contribution in [0.1, 0.15) is 87.8 Å². The summed E-state index contributed by atoms with van der Waals surface area (Å²) >= 11 is 0. The van der Waals surface area contributed by atoms with Gasteiger partial charge in [0, 0.05) is 5.56 Å². The van der Waals surface area contributed by atoms with Gasteiger partial charge in [-0.25, -0.2) is 8.78 Å². The summed E-state index contributed by atoms with van der Waals surface area (Å²) in [5, 5.41) is 9.23. The first-order chi connectivity index (χ1) is 18.6. The largest absolute Gasteiger partial charge is 0.497 e. The molecule has 2 atom stereocenters. The lowest BCUT2D eigenvalue weighted by molar-refractivity contribution is -0.137. The number of hydrogen-bond donors (Lipinski definition) is 1. The summed E-state index contributed by atoms with van der Waals surface area (Å²) in [6.45, 7) is 6.53. The third-order valence-corrected chi connectivity index (χ3v) is 8.20. The van der Waals surface area contributed by atoms with Crippen molar-refractivity contribution >= 4 is 5.97 Å². The minimum atomic E-state index is -0.960. The van der Waals surface area contributed by atoms with Crippen LogP contribution in [0.5, 0.6) is 11.5 Å². The van der Waals surface area contributed by atoms with Crippen LogP contribution in [0, 0.1) is 17.0 Å². The Morgan fingerprint density at radius 3 is 2.56 bits per heavy atom. The highest BCUT2D eigenvalue weighted by Gasteiger charge is 2.35. The summed E-state index contributed by atoms with van der Waals surface area (Å²) in [6, 6.07) is 15.6. The SMILES string of the molecule is CC[C@@H](CC(=O)O)c1cccc(OCc2ccc(-c3cc(OC)ccc3F)c([C@H]3CCCCC3(C)C)c2)c1F. The Hall–Kier alpha value is -3.41. The van der Waals surface area contributed by atoms with E-state index in [0.29, 0.717) is 23.3 Å². The second-order valence-electron chi connectivity index (χ2n) is 11.2. The number of aliphatic carboxylic acids is 1. The Bertz CT molecular complexity index is 1320. The van der Waals surface area contributed by atoms with Crippen molar-refractivity contribution in [3.8, 4) is 22.6 Å². The van der Waals surface area contributed by atoms with Gasteiger partial charge < -0.3 is 14.6 Å². The number of carboxylic acids is 1. The Balaban J connectivity index is 1.69. The zero-order chi connectivity index (χ0) is 28.2. The van der Waals surface area contributed by atoms with Gasteiger partial charge in [-0.2, -0.15) is 0 Å². The summed E-state index contributed by atoms with van der Waals surface area (Å²) in [5.74, 6) is -1.29. The molecule has 0 heterocycles. The lowest BCUT2D eigenvalue weighted by Gasteiger charge is -2.40. The predicted molar refractivity (Wildman–Crippen MR) is 149 cm³/mol. The normalized spacial score (nSPS) is 17.4. The average molecular weight is 537 g/mol. The van der Waals surface area contributed by atoms with Crippen LogP contribution < -0.4 is 9.47 Å². The first kappa shape index (κ1) is 28.6. The van der Waals surface area contributed by atoms with E-state index in [9.17, 15) is 9.90 Å². The van der Waals surface area contributed by atoms with Gasteiger partial charge in [0.15, 0.2) is 11.6 Å². The first-order valence-electron chi connectivity index (χ1n) is 13.7. The van der Waals surface area contributed by atoms with Crippen molar-refractivity contribution in [2.75, 3.05) is 7.11 Å². The number of benzene rings is 3. The molecule has 1 aliphatic rings. The van der Waals surface area contributed by atoms with Crippen LogP contribution in [-0.2, 0) is 11.4 Å². The van der Waals surface area contributed by atoms with Crippen molar-refractivity contribution in [2.24, 2.45) is 5.41 Å². The molecule has 1 aliphatic carbocycles. The topological polar surface area (TPSA) is 55.8 Å². The third-order valence-electron chi connectivity index (χ3n) is 8.20.